The minimum Gasteiger partial charge on any atom is -0.481 e. The minimum absolute atomic E-state index is 0.200. The molecule has 5 N–H and O–H groups in total. The summed E-state index contributed by atoms with van der Waals surface area (Å²) in [7, 11) is 0. The Kier molecular flexibility index (Phi) is 7.05. The molecule has 0 aliphatic carbocycles. The predicted octanol–water partition coefficient (Wildman–Crippen LogP) is 0.951. The predicted molar refractivity (Wildman–Crippen MR) is 115 cm³/mol. The van der Waals surface area contributed by atoms with Crippen molar-refractivity contribution in [1.82, 2.24) is 20.3 Å². The van der Waals surface area contributed by atoms with Gasteiger partial charge in [0.25, 0.3) is 11.5 Å². The van der Waals surface area contributed by atoms with Gasteiger partial charge in [0.05, 0.1) is 5.39 Å². The van der Waals surface area contributed by atoms with E-state index >= 15 is 0 Å². The lowest BCUT2D eigenvalue weighted by atomic mass is 10.1. The van der Waals surface area contributed by atoms with Crippen LogP contribution in [0.2, 0.25) is 0 Å². The lowest BCUT2D eigenvalue weighted by molar-refractivity contribution is -0.140. The van der Waals surface area contributed by atoms with Crippen LogP contribution < -0.4 is 16.6 Å². The number of benzene rings is 1. The number of amides is 1. The van der Waals surface area contributed by atoms with E-state index in [2.05, 4.69) is 20.3 Å². The molecule has 3 rings (SSSR count). The first-order valence-electron chi connectivity index (χ1n) is 9.32. The number of rotatable bonds is 9. The molecule has 0 radical (unpaired) electrons. The van der Waals surface area contributed by atoms with Crippen LogP contribution in [-0.4, -0.2) is 49.1 Å². The van der Waals surface area contributed by atoms with Gasteiger partial charge in [0.15, 0.2) is 0 Å². The molecule has 0 unspecified atom stereocenters. The first-order chi connectivity index (χ1) is 15.2. The van der Waals surface area contributed by atoms with E-state index in [-0.39, 0.29) is 29.4 Å². The zero-order valence-electron chi connectivity index (χ0n) is 16.5. The molecule has 1 amide bonds. The van der Waals surface area contributed by atoms with Gasteiger partial charge >= 0.3 is 17.6 Å². The maximum atomic E-state index is 12.3. The first kappa shape index (κ1) is 22.7. The van der Waals surface area contributed by atoms with Gasteiger partial charge in [-0.05, 0) is 42.3 Å². The molecule has 0 saturated heterocycles. The van der Waals surface area contributed by atoms with Crippen molar-refractivity contribution in [3.8, 4) is 0 Å². The zero-order valence-corrected chi connectivity index (χ0v) is 17.3. The van der Waals surface area contributed by atoms with E-state index in [1.165, 1.54) is 23.9 Å². The topological polar surface area (TPSA) is 182 Å². The SMILES string of the molecule is O=C(O)CC[C@H](NC(=O)c1ccc(SCc2cnc3[nH]c(=O)[nH]c(=O)c3c2)cc1)C(=O)O. The van der Waals surface area contributed by atoms with Crippen molar-refractivity contribution in [3.63, 3.8) is 0 Å². The average molecular weight is 458 g/mol. The first-order valence-corrected chi connectivity index (χ1v) is 10.3. The van der Waals surface area contributed by atoms with Crippen LogP contribution in [0.1, 0.15) is 28.8 Å². The molecule has 0 spiro atoms. The van der Waals surface area contributed by atoms with Crippen LogP contribution in [0.25, 0.3) is 11.0 Å². The molecular weight excluding hydrogens is 440 g/mol. The van der Waals surface area contributed by atoms with E-state index in [1.807, 2.05) is 0 Å². The van der Waals surface area contributed by atoms with Crippen molar-refractivity contribution in [2.75, 3.05) is 0 Å². The van der Waals surface area contributed by atoms with Crippen LogP contribution in [0.4, 0.5) is 0 Å². The van der Waals surface area contributed by atoms with Crippen LogP contribution in [0.5, 0.6) is 0 Å². The molecule has 166 valence electrons. The van der Waals surface area contributed by atoms with Crippen molar-refractivity contribution in [2.24, 2.45) is 0 Å². The molecule has 2 aromatic heterocycles. The van der Waals surface area contributed by atoms with E-state index in [9.17, 15) is 24.0 Å². The second kappa shape index (κ2) is 9.92. The Morgan fingerprint density at radius 1 is 1.09 bits per heavy atom. The molecule has 11 nitrogen and oxygen atoms in total. The van der Waals surface area contributed by atoms with E-state index in [4.69, 9.17) is 10.2 Å². The molecule has 0 aliphatic rings. The highest BCUT2D eigenvalue weighted by atomic mass is 32.2. The number of carboxylic acids is 2. The van der Waals surface area contributed by atoms with Gasteiger partial charge in [0.2, 0.25) is 0 Å². The number of thioether (sulfide) groups is 1. The lowest BCUT2D eigenvalue weighted by Gasteiger charge is -2.13. The Bertz CT molecular complexity index is 1280. The van der Waals surface area contributed by atoms with Crippen LogP contribution in [-0.2, 0) is 15.3 Å². The van der Waals surface area contributed by atoms with Crippen LogP contribution in [0.15, 0.2) is 51.0 Å². The number of aliphatic carboxylic acids is 2. The molecule has 0 saturated carbocycles. The number of nitrogens with one attached hydrogen (secondary N) is 3. The maximum Gasteiger partial charge on any atom is 0.327 e. The largest absolute Gasteiger partial charge is 0.481 e. The van der Waals surface area contributed by atoms with Crippen LogP contribution in [0, 0.1) is 0 Å². The molecule has 3 aromatic rings. The van der Waals surface area contributed by atoms with Gasteiger partial charge in [0.1, 0.15) is 11.7 Å². The molecule has 1 aromatic carbocycles. The highest BCUT2D eigenvalue weighted by Crippen LogP contribution is 2.23. The molecule has 0 aliphatic heterocycles. The van der Waals surface area contributed by atoms with Gasteiger partial charge in [-0.3, -0.25) is 24.4 Å². The fraction of sp³-hybridized carbons (Fsp3) is 0.200. The number of hydrogen-bond donors (Lipinski definition) is 5. The summed E-state index contributed by atoms with van der Waals surface area (Å²) >= 11 is 1.43. The highest BCUT2D eigenvalue weighted by molar-refractivity contribution is 7.98. The van der Waals surface area contributed by atoms with E-state index in [0.29, 0.717) is 5.75 Å². The Balaban J connectivity index is 1.63. The summed E-state index contributed by atoms with van der Waals surface area (Å²) in [5.41, 5.74) is 0.0357. The number of H-pyrrole nitrogens is 2. The van der Waals surface area contributed by atoms with Crippen molar-refractivity contribution in [2.45, 2.75) is 29.5 Å². The number of carbonyl (C=O) groups is 3. The summed E-state index contributed by atoms with van der Waals surface area (Å²) < 4.78 is 0. The minimum atomic E-state index is -1.31. The number of nitrogens with zero attached hydrogens (tertiary/aromatic N) is 1. The summed E-state index contributed by atoms with van der Waals surface area (Å²) in [6.07, 6.45) is 0.953. The average Bonchev–Trinajstić information content (AvgIpc) is 2.75. The van der Waals surface area contributed by atoms with Crippen molar-refractivity contribution >= 4 is 40.6 Å². The molecule has 0 bridgehead atoms. The fourth-order valence-electron chi connectivity index (χ4n) is 2.80. The Hall–Kier alpha value is -3.93. The van der Waals surface area contributed by atoms with Crippen LogP contribution >= 0.6 is 11.8 Å². The van der Waals surface area contributed by atoms with Gasteiger partial charge < -0.3 is 15.5 Å². The van der Waals surface area contributed by atoms with Crippen molar-refractivity contribution in [3.05, 3.63) is 68.5 Å². The highest BCUT2D eigenvalue weighted by Gasteiger charge is 2.21. The van der Waals surface area contributed by atoms with E-state index < -0.39 is 35.1 Å². The third-order valence-electron chi connectivity index (χ3n) is 4.42. The van der Waals surface area contributed by atoms with Crippen molar-refractivity contribution < 1.29 is 24.6 Å². The number of carbonyl (C=O) groups excluding carboxylic acids is 1. The maximum absolute atomic E-state index is 12.3. The summed E-state index contributed by atoms with van der Waals surface area (Å²) in [4.78, 5) is 66.8. The molecule has 2 heterocycles. The number of aromatic amines is 2. The van der Waals surface area contributed by atoms with Crippen molar-refractivity contribution in [1.29, 1.82) is 0 Å². The van der Waals surface area contributed by atoms with E-state index in [1.54, 1.807) is 24.4 Å². The van der Waals surface area contributed by atoms with Gasteiger partial charge in [-0.15, -0.1) is 11.8 Å². The molecule has 0 fully saturated rings. The Labute approximate surface area is 183 Å². The number of carboxylic acid groups (broad SMARTS) is 2. The third-order valence-corrected chi connectivity index (χ3v) is 5.50. The summed E-state index contributed by atoms with van der Waals surface area (Å²) in [6.45, 7) is 0. The summed E-state index contributed by atoms with van der Waals surface area (Å²) in [6, 6.07) is 6.77. The summed E-state index contributed by atoms with van der Waals surface area (Å²) in [5.74, 6) is -2.60. The lowest BCUT2D eigenvalue weighted by Crippen LogP contribution is -2.41. The van der Waals surface area contributed by atoms with Crippen LogP contribution in [0.3, 0.4) is 0 Å². The molecule has 1 atom stereocenters. The van der Waals surface area contributed by atoms with Gasteiger partial charge in [-0.25, -0.2) is 14.6 Å². The molecular formula is C20H18N4O7S. The second-order valence-corrected chi connectivity index (χ2v) is 7.81. The number of hydrogen-bond acceptors (Lipinski definition) is 7. The Morgan fingerprint density at radius 2 is 1.81 bits per heavy atom. The van der Waals surface area contributed by atoms with Gasteiger partial charge in [-0.1, -0.05) is 0 Å². The van der Waals surface area contributed by atoms with E-state index in [0.717, 1.165) is 10.5 Å². The number of aromatic nitrogens is 3. The smallest absolute Gasteiger partial charge is 0.327 e. The second-order valence-electron chi connectivity index (χ2n) is 6.76. The van der Waals surface area contributed by atoms with Gasteiger partial charge in [-0.2, -0.15) is 0 Å². The third kappa shape index (κ3) is 5.82. The standard InChI is InChI=1S/C20H18N4O7S/c25-15(26)6-5-14(19(29)30)22-17(27)11-1-3-12(4-2-11)32-9-10-7-13-16(21-8-10)23-20(31)24-18(13)28/h1-4,7-8,14H,5-6,9H2,(H,22,27)(H,25,26)(H,29,30)(H2,21,23,24,28,31)/t14-/m0/s1. The Morgan fingerprint density at radius 3 is 2.47 bits per heavy atom. The van der Waals surface area contributed by atoms with Gasteiger partial charge in [0, 0.05) is 28.8 Å². The molecule has 32 heavy (non-hydrogen) atoms. The molecule has 12 heteroatoms. The fourth-order valence-corrected chi connectivity index (χ4v) is 3.62. The summed E-state index contributed by atoms with van der Waals surface area (Å²) in [5, 5.41) is 20.4. The monoisotopic (exact) mass is 458 g/mol. The number of fused-ring (bicyclic) bond motifs is 1. The number of pyridine rings is 1. The quantitative estimate of drug-likeness (QED) is 0.291. The normalized spacial score (nSPS) is 11.8. The zero-order chi connectivity index (χ0) is 23.3.